The summed E-state index contributed by atoms with van der Waals surface area (Å²) in [5.41, 5.74) is 8.20. The summed E-state index contributed by atoms with van der Waals surface area (Å²) in [5, 5.41) is 7.73. The number of thiophene rings is 1. The normalized spacial score (nSPS) is 19.6. The summed E-state index contributed by atoms with van der Waals surface area (Å²) in [7, 11) is 0. The molecular formula is C16H25N3OS. The van der Waals surface area contributed by atoms with Crippen molar-refractivity contribution in [3.05, 3.63) is 10.4 Å². The van der Waals surface area contributed by atoms with Gasteiger partial charge in [-0.05, 0) is 44.4 Å². The van der Waals surface area contributed by atoms with Gasteiger partial charge in [-0.1, -0.05) is 13.8 Å². The smallest absolute Gasteiger partial charge is 0.263 e. The molecule has 2 fully saturated rings. The average Bonchev–Trinajstić information content (AvgIpc) is 3.31. The summed E-state index contributed by atoms with van der Waals surface area (Å²) >= 11 is 1.53. The minimum absolute atomic E-state index is 0.00662. The first-order chi connectivity index (χ1) is 9.97. The van der Waals surface area contributed by atoms with E-state index < -0.39 is 0 Å². The summed E-state index contributed by atoms with van der Waals surface area (Å²) in [5.74, 6) is 1.10. The zero-order valence-electron chi connectivity index (χ0n) is 13.0. The average molecular weight is 307 g/mol. The summed E-state index contributed by atoms with van der Waals surface area (Å²) in [6, 6.07) is 0.745. The van der Waals surface area contributed by atoms with Crippen molar-refractivity contribution in [1.82, 2.24) is 5.32 Å². The van der Waals surface area contributed by atoms with E-state index in [9.17, 15) is 4.79 Å². The molecule has 0 saturated heterocycles. The van der Waals surface area contributed by atoms with Crippen molar-refractivity contribution in [2.45, 2.75) is 64.5 Å². The van der Waals surface area contributed by atoms with Crippen molar-refractivity contribution in [3.63, 3.8) is 0 Å². The maximum atomic E-state index is 12.3. The van der Waals surface area contributed by atoms with Gasteiger partial charge in [0, 0.05) is 17.6 Å². The SMILES string of the molecule is CC(C)C(C)Nc1sc(C(=O)NC2CC2)c(N)c1C1CC1. The molecule has 21 heavy (non-hydrogen) atoms. The van der Waals surface area contributed by atoms with Crippen LogP contribution in [0.3, 0.4) is 0 Å². The molecule has 0 bridgehead atoms. The second-order valence-electron chi connectivity index (χ2n) is 6.79. The number of rotatable bonds is 6. The van der Waals surface area contributed by atoms with Crippen LogP contribution in [0.2, 0.25) is 0 Å². The fourth-order valence-corrected chi connectivity index (χ4v) is 3.57. The zero-order valence-corrected chi connectivity index (χ0v) is 13.8. The van der Waals surface area contributed by atoms with Gasteiger partial charge in [-0.25, -0.2) is 0 Å². The summed E-state index contributed by atoms with van der Waals surface area (Å²) in [6.45, 7) is 6.58. The third kappa shape index (κ3) is 3.18. The molecular weight excluding hydrogens is 282 g/mol. The molecule has 2 aliphatic carbocycles. The van der Waals surface area contributed by atoms with Crippen molar-refractivity contribution < 1.29 is 4.79 Å². The predicted molar refractivity (Wildman–Crippen MR) is 89.1 cm³/mol. The number of carbonyl (C=O) groups is 1. The Morgan fingerprint density at radius 1 is 1.24 bits per heavy atom. The van der Waals surface area contributed by atoms with Crippen LogP contribution in [0.25, 0.3) is 0 Å². The fourth-order valence-electron chi connectivity index (χ4n) is 2.36. The Bertz CT molecular complexity index is 544. The highest BCUT2D eigenvalue weighted by Gasteiger charge is 2.34. The summed E-state index contributed by atoms with van der Waals surface area (Å²) in [4.78, 5) is 13.0. The van der Waals surface area contributed by atoms with E-state index in [0.29, 0.717) is 34.5 Å². The maximum Gasteiger partial charge on any atom is 0.263 e. The van der Waals surface area contributed by atoms with E-state index in [-0.39, 0.29) is 5.91 Å². The number of nitrogens with one attached hydrogen (secondary N) is 2. The van der Waals surface area contributed by atoms with Gasteiger partial charge in [-0.2, -0.15) is 0 Å². The van der Waals surface area contributed by atoms with E-state index in [1.165, 1.54) is 29.7 Å². The van der Waals surface area contributed by atoms with Gasteiger partial charge in [0.1, 0.15) is 4.88 Å². The molecule has 2 saturated carbocycles. The number of hydrogen-bond donors (Lipinski definition) is 3. The van der Waals surface area contributed by atoms with Crippen molar-refractivity contribution in [1.29, 1.82) is 0 Å². The quantitative estimate of drug-likeness (QED) is 0.753. The first kappa shape index (κ1) is 14.7. The van der Waals surface area contributed by atoms with Crippen molar-refractivity contribution in [2.75, 3.05) is 11.1 Å². The van der Waals surface area contributed by atoms with Crippen LogP contribution in [0.5, 0.6) is 0 Å². The molecule has 1 unspecified atom stereocenters. The molecule has 0 radical (unpaired) electrons. The molecule has 5 heteroatoms. The van der Waals surface area contributed by atoms with Crippen LogP contribution in [-0.4, -0.2) is 18.0 Å². The zero-order chi connectivity index (χ0) is 15.1. The highest BCUT2D eigenvalue weighted by Crippen LogP contribution is 2.51. The minimum Gasteiger partial charge on any atom is -0.397 e. The van der Waals surface area contributed by atoms with Gasteiger partial charge in [-0.3, -0.25) is 4.79 Å². The van der Waals surface area contributed by atoms with Gasteiger partial charge in [0.2, 0.25) is 0 Å². The lowest BCUT2D eigenvalue weighted by Gasteiger charge is -2.18. The highest BCUT2D eigenvalue weighted by atomic mass is 32.1. The van der Waals surface area contributed by atoms with E-state index in [1.807, 2.05) is 0 Å². The first-order valence-corrected chi connectivity index (χ1v) is 8.78. The lowest BCUT2D eigenvalue weighted by Crippen LogP contribution is -2.25. The monoisotopic (exact) mass is 307 g/mol. The van der Waals surface area contributed by atoms with Gasteiger partial charge in [0.05, 0.1) is 10.7 Å². The molecule has 4 nitrogen and oxygen atoms in total. The van der Waals surface area contributed by atoms with Crippen LogP contribution in [0.4, 0.5) is 10.7 Å². The van der Waals surface area contributed by atoms with E-state index in [0.717, 1.165) is 17.8 Å². The third-order valence-electron chi connectivity index (χ3n) is 4.45. The number of nitrogen functional groups attached to an aromatic ring is 1. The van der Waals surface area contributed by atoms with Gasteiger partial charge >= 0.3 is 0 Å². The standard InChI is InChI=1S/C16H25N3OS/c1-8(2)9(3)18-16-12(10-4-5-10)13(17)14(21-16)15(20)19-11-6-7-11/h8-11,18H,4-7,17H2,1-3H3,(H,19,20). The molecule has 0 spiro atoms. The van der Waals surface area contributed by atoms with E-state index in [1.54, 1.807) is 0 Å². The molecule has 0 aromatic carbocycles. The molecule has 1 amide bonds. The number of nitrogens with two attached hydrogens (primary N) is 1. The number of hydrogen-bond acceptors (Lipinski definition) is 4. The number of anilines is 2. The molecule has 1 atom stereocenters. The Hall–Kier alpha value is -1.23. The maximum absolute atomic E-state index is 12.3. The Morgan fingerprint density at radius 2 is 1.90 bits per heavy atom. The predicted octanol–water partition coefficient (Wildman–Crippen LogP) is 3.56. The van der Waals surface area contributed by atoms with Crippen LogP contribution in [0, 0.1) is 5.92 Å². The fraction of sp³-hybridized carbons (Fsp3) is 0.688. The van der Waals surface area contributed by atoms with Crippen molar-refractivity contribution in [3.8, 4) is 0 Å². The summed E-state index contributed by atoms with van der Waals surface area (Å²) in [6.07, 6.45) is 4.58. The van der Waals surface area contributed by atoms with Crippen molar-refractivity contribution in [2.24, 2.45) is 5.92 Å². The lowest BCUT2D eigenvalue weighted by molar-refractivity contribution is 0.0956. The third-order valence-corrected chi connectivity index (χ3v) is 5.60. The van der Waals surface area contributed by atoms with E-state index in [2.05, 4.69) is 31.4 Å². The molecule has 116 valence electrons. The number of amides is 1. The lowest BCUT2D eigenvalue weighted by atomic mass is 10.1. The molecule has 3 rings (SSSR count). The Balaban J connectivity index is 1.85. The van der Waals surface area contributed by atoms with Crippen LogP contribution in [-0.2, 0) is 0 Å². The largest absolute Gasteiger partial charge is 0.397 e. The summed E-state index contributed by atoms with van der Waals surface area (Å²) < 4.78 is 0. The molecule has 1 aromatic heterocycles. The Labute approximate surface area is 130 Å². The Kier molecular flexibility index (Phi) is 3.86. The van der Waals surface area contributed by atoms with E-state index in [4.69, 9.17) is 5.73 Å². The van der Waals surface area contributed by atoms with Gasteiger partial charge in [0.15, 0.2) is 0 Å². The molecule has 1 heterocycles. The van der Waals surface area contributed by atoms with Crippen LogP contribution in [0.15, 0.2) is 0 Å². The highest BCUT2D eigenvalue weighted by molar-refractivity contribution is 7.18. The Morgan fingerprint density at radius 3 is 2.43 bits per heavy atom. The van der Waals surface area contributed by atoms with Gasteiger partial charge < -0.3 is 16.4 Å². The van der Waals surface area contributed by atoms with Crippen LogP contribution in [0.1, 0.15) is 67.6 Å². The molecule has 1 aromatic rings. The molecule has 4 N–H and O–H groups in total. The van der Waals surface area contributed by atoms with E-state index >= 15 is 0 Å². The van der Waals surface area contributed by atoms with Crippen molar-refractivity contribution >= 4 is 27.9 Å². The molecule has 0 aliphatic heterocycles. The second-order valence-corrected chi connectivity index (χ2v) is 7.81. The minimum atomic E-state index is 0.00662. The van der Waals surface area contributed by atoms with Gasteiger partial charge in [-0.15, -0.1) is 11.3 Å². The first-order valence-electron chi connectivity index (χ1n) is 7.97. The molecule has 2 aliphatic rings. The van der Waals surface area contributed by atoms with Crippen LogP contribution < -0.4 is 16.4 Å². The van der Waals surface area contributed by atoms with Crippen LogP contribution >= 0.6 is 11.3 Å². The number of carbonyl (C=O) groups excluding carboxylic acids is 1. The van der Waals surface area contributed by atoms with Gasteiger partial charge in [0.25, 0.3) is 5.91 Å². The topological polar surface area (TPSA) is 67.2 Å². The second kappa shape index (κ2) is 5.52.